The fraction of sp³-hybridized carbons (Fsp3) is 0.133. The minimum absolute atomic E-state index is 0.00311. The lowest BCUT2D eigenvalue weighted by molar-refractivity contribution is 0.102. The summed E-state index contributed by atoms with van der Waals surface area (Å²) in [5.41, 5.74) is 2.41. The largest absolute Gasteiger partial charge is 0.507 e. The monoisotopic (exact) mass is 275 g/mol. The molecule has 0 aliphatic heterocycles. The number of alkyl halides is 1. The van der Waals surface area contributed by atoms with E-state index in [2.05, 4.69) is 5.32 Å². The Labute approximate surface area is 116 Å². The molecule has 0 aromatic heterocycles. The fourth-order valence-electron chi connectivity index (χ4n) is 1.79. The van der Waals surface area contributed by atoms with Crippen molar-refractivity contribution in [2.24, 2.45) is 0 Å². The molecule has 4 heteroatoms. The number of aromatic hydroxyl groups is 1. The van der Waals surface area contributed by atoms with Crippen LogP contribution in [0.5, 0.6) is 5.75 Å². The van der Waals surface area contributed by atoms with Crippen molar-refractivity contribution in [3.8, 4) is 5.75 Å². The first-order chi connectivity index (χ1) is 9.13. The number of para-hydroxylation sites is 2. The van der Waals surface area contributed by atoms with E-state index in [1.807, 2.05) is 18.2 Å². The van der Waals surface area contributed by atoms with Crippen LogP contribution >= 0.6 is 11.6 Å². The number of hydrogen-bond acceptors (Lipinski definition) is 2. The molecule has 98 valence electrons. The zero-order chi connectivity index (χ0) is 13.8. The molecular formula is C15H14ClNO2. The summed E-state index contributed by atoms with van der Waals surface area (Å²) in [4.78, 5) is 12.1. The lowest BCUT2D eigenvalue weighted by atomic mass is 10.1. The minimum Gasteiger partial charge on any atom is -0.507 e. The molecule has 0 atom stereocenters. The first-order valence-corrected chi connectivity index (χ1v) is 6.40. The highest BCUT2D eigenvalue weighted by molar-refractivity contribution is 6.17. The summed E-state index contributed by atoms with van der Waals surface area (Å²) < 4.78 is 0. The van der Waals surface area contributed by atoms with Crippen LogP contribution in [0.1, 0.15) is 21.5 Å². The third kappa shape index (κ3) is 2.88. The predicted octanol–water partition coefficient (Wildman–Crippen LogP) is 3.69. The quantitative estimate of drug-likeness (QED) is 0.839. The van der Waals surface area contributed by atoms with E-state index < -0.39 is 0 Å². The molecule has 3 nitrogen and oxygen atoms in total. The molecule has 0 bridgehead atoms. The number of aryl methyl sites for hydroxylation is 1. The Balaban J connectivity index is 2.28. The number of halogens is 1. The van der Waals surface area contributed by atoms with Gasteiger partial charge in [-0.05, 0) is 30.2 Å². The van der Waals surface area contributed by atoms with Gasteiger partial charge < -0.3 is 10.4 Å². The molecule has 0 heterocycles. The van der Waals surface area contributed by atoms with Crippen molar-refractivity contribution in [3.63, 3.8) is 0 Å². The third-order valence-electron chi connectivity index (χ3n) is 2.89. The standard InChI is InChI=1S/C15H14ClNO2/c1-10-5-4-7-12(14(10)18)15(19)17-13-8-3-2-6-11(13)9-16/h2-8,18H,9H2,1H3,(H,17,19). The van der Waals surface area contributed by atoms with Crippen molar-refractivity contribution in [1.29, 1.82) is 0 Å². The number of amides is 1. The Morgan fingerprint density at radius 2 is 1.95 bits per heavy atom. The molecule has 19 heavy (non-hydrogen) atoms. The lowest BCUT2D eigenvalue weighted by Gasteiger charge is -2.10. The van der Waals surface area contributed by atoms with Gasteiger partial charge in [0.15, 0.2) is 0 Å². The van der Waals surface area contributed by atoms with Gasteiger partial charge in [0.1, 0.15) is 5.75 Å². The van der Waals surface area contributed by atoms with Crippen LogP contribution in [-0.2, 0) is 5.88 Å². The average Bonchev–Trinajstić information content (AvgIpc) is 2.42. The number of carbonyl (C=O) groups is 1. The van der Waals surface area contributed by atoms with Crippen LogP contribution in [-0.4, -0.2) is 11.0 Å². The van der Waals surface area contributed by atoms with E-state index in [4.69, 9.17) is 11.6 Å². The number of rotatable bonds is 3. The molecule has 2 rings (SSSR count). The molecule has 0 radical (unpaired) electrons. The van der Waals surface area contributed by atoms with Crippen LogP contribution < -0.4 is 5.32 Å². The number of phenolic OH excluding ortho intramolecular Hbond substituents is 1. The SMILES string of the molecule is Cc1cccc(C(=O)Nc2ccccc2CCl)c1O. The zero-order valence-corrected chi connectivity index (χ0v) is 11.2. The Hall–Kier alpha value is -2.00. The number of benzene rings is 2. The maximum Gasteiger partial charge on any atom is 0.259 e. The third-order valence-corrected chi connectivity index (χ3v) is 3.18. The summed E-state index contributed by atoms with van der Waals surface area (Å²) in [6.07, 6.45) is 0. The Bertz CT molecular complexity index is 611. The molecule has 1 amide bonds. The van der Waals surface area contributed by atoms with Crippen LogP contribution in [0.3, 0.4) is 0 Å². The summed E-state index contributed by atoms with van der Waals surface area (Å²) in [6, 6.07) is 12.4. The highest BCUT2D eigenvalue weighted by Crippen LogP contribution is 2.24. The average molecular weight is 276 g/mol. The van der Waals surface area contributed by atoms with E-state index >= 15 is 0 Å². The second kappa shape index (κ2) is 5.76. The number of carbonyl (C=O) groups excluding carboxylic acids is 1. The zero-order valence-electron chi connectivity index (χ0n) is 10.5. The summed E-state index contributed by atoms with van der Waals surface area (Å²) in [6.45, 7) is 1.75. The van der Waals surface area contributed by atoms with Gasteiger partial charge in [0.05, 0.1) is 5.56 Å². The number of hydrogen-bond donors (Lipinski definition) is 2. The van der Waals surface area contributed by atoms with E-state index in [-0.39, 0.29) is 17.2 Å². The van der Waals surface area contributed by atoms with Gasteiger partial charge in [-0.2, -0.15) is 0 Å². The van der Waals surface area contributed by atoms with Gasteiger partial charge in [-0.25, -0.2) is 0 Å². The predicted molar refractivity (Wildman–Crippen MR) is 76.8 cm³/mol. The van der Waals surface area contributed by atoms with Crippen molar-refractivity contribution in [2.45, 2.75) is 12.8 Å². The maximum atomic E-state index is 12.1. The second-order valence-corrected chi connectivity index (χ2v) is 4.48. The summed E-state index contributed by atoms with van der Waals surface area (Å²) in [5, 5.41) is 12.6. The van der Waals surface area contributed by atoms with Gasteiger partial charge in [0, 0.05) is 11.6 Å². The molecule has 2 N–H and O–H groups in total. The Morgan fingerprint density at radius 3 is 2.68 bits per heavy atom. The number of nitrogens with one attached hydrogen (secondary N) is 1. The first-order valence-electron chi connectivity index (χ1n) is 5.87. The summed E-state index contributed by atoms with van der Waals surface area (Å²) in [5.74, 6) is -0.0295. The van der Waals surface area contributed by atoms with E-state index in [1.54, 1.807) is 31.2 Å². The van der Waals surface area contributed by atoms with Gasteiger partial charge in [-0.1, -0.05) is 30.3 Å². The second-order valence-electron chi connectivity index (χ2n) is 4.22. The molecule has 0 fully saturated rings. The fourth-order valence-corrected chi connectivity index (χ4v) is 2.02. The van der Waals surface area contributed by atoms with E-state index in [0.29, 0.717) is 17.1 Å². The van der Waals surface area contributed by atoms with E-state index in [9.17, 15) is 9.90 Å². The molecular weight excluding hydrogens is 262 g/mol. The van der Waals surface area contributed by atoms with Gasteiger partial charge in [0.2, 0.25) is 0 Å². The van der Waals surface area contributed by atoms with Crippen molar-refractivity contribution >= 4 is 23.2 Å². The van der Waals surface area contributed by atoms with Crippen LogP contribution in [0.4, 0.5) is 5.69 Å². The molecule has 0 unspecified atom stereocenters. The lowest BCUT2D eigenvalue weighted by Crippen LogP contribution is -2.13. The molecule has 0 aliphatic carbocycles. The number of anilines is 1. The molecule has 0 saturated carbocycles. The smallest absolute Gasteiger partial charge is 0.259 e. The topological polar surface area (TPSA) is 49.3 Å². The Morgan fingerprint density at radius 1 is 1.21 bits per heavy atom. The highest BCUT2D eigenvalue weighted by Gasteiger charge is 2.13. The van der Waals surface area contributed by atoms with Crippen molar-refractivity contribution in [1.82, 2.24) is 0 Å². The van der Waals surface area contributed by atoms with Crippen molar-refractivity contribution in [3.05, 3.63) is 59.2 Å². The molecule has 0 aliphatic rings. The molecule has 2 aromatic carbocycles. The van der Waals surface area contributed by atoms with Crippen molar-refractivity contribution in [2.75, 3.05) is 5.32 Å². The van der Waals surface area contributed by atoms with E-state index in [1.165, 1.54) is 0 Å². The summed E-state index contributed by atoms with van der Waals surface area (Å²) in [7, 11) is 0. The van der Waals surface area contributed by atoms with Gasteiger partial charge in [-0.3, -0.25) is 4.79 Å². The van der Waals surface area contributed by atoms with Crippen LogP contribution in [0.25, 0.3) is 0 Å². The molecule has 0 spiro atoms. The van der Waals surface area contributed by atoms with Crippen LogP contribution in [0.15, 0.2) is 42.5 Å². The van der Waals surface area contributed by atoms with Crippen LogP contribution in [0.2, 0.25) is 0 Å². The van der Waals surface area contributed by atoms with E-state index in [0.717, 1.165) is 5.56 Å². The summed E-state index contributed by atoms with van der Waals surface area (Å²) >= 11 is 5.82. The van der Waals surface area contributed by atoms with Gasteiger partial charge in [-0.15, -0.1) is 11.6 Å². The molecule has 0 saturated heterocycles. The minimum atomic E-state index is -0.348. The normalized spacial score (nSPS) is 10.2. The highest BCUT2D eigenvalue weighted by atomic mass is 35.5. The first kappa shape index (κ1) is 13.4. The maximum absolute atomic E-state index is 12.1. The van der Waals surface area contributed by atoms with Crippen LogP contribution in [0, 0.1) is 6.92 Å². The van der Waals surface area contributed by atoms with Crippen molar-refractivity contribution < 1.29 is 9.90 Å². The van der Waals surface area contributed by atoms with Gasteiger partial charge >= 0.3 is 0 Å². The Kier molecular flexibility index (Phi) is 4.07. The van der Waals surface area contributed by atoms with Gasteiger partial charge in [0.25, 0.3) is 5.91 Å². The molecule has 2 aromatic rings. The number of phenols is 1.